The molecule has 1 unspecified atom stereocenters. The van der Waals surface area contributed by atoms with E-state index in [1.165, 1.54) is 26.0 Å². The van der Waals surface area contributed by atoms with Gasteiger partial charge >= 0.3 is 12.1 Å². The maximum atomic E-state index is 12.8. The van der Waals surface area contributed by atoms with Gasteiger partial charge in [0.1, 0.15) is 17.2 Å². The summed E-state index contributed by atoms with van der Waals surface area (Å²) >= 11 is 6.31. The molecule has 0 aliphatic carbocycles. The number of nitrogens with one attached hydrogen (secondary N) is 1. The second kappa shape index (κ2) is 9.44. The van der Waals surface area contributed by atoms with E-state index < -0.39 is 23.3 Å². The first-order chi connectivity index (χ1) is 15.4. The van der Waals surface area contributed by atoms with Crippen molar-refractivity contribution in [1.29, 1.82) is 0 Å². The lowest BCUT2D eigenvalue weighted by molar-refractivity contribution is -0.152. The highest BCUT2D eigenvalue weighted by molar-refractivity contribution is 6.32. The van der Waals surface area contributed by atoms with Crippen molar-refractivity contribution >= 4 is 17.6 Å². The number of nitrogens with zero attached hydrogens (tertiary/aromatic N) is 1. The third kappa shape index (κ3) is 5.85. The minimum atomic E-state index is -4.40. The van der Waals surface area contributed by atoms with Gasteiger partial charge in [-0.25, -0.2) is 4.79 Å². The van der Waals surface area contributed by atoms with Crippen LogP contribution in [0.15, 0.2) is 53.1 Å². The summed E-state index contributed by atoms with van der Waals surface area (Å²) in [5.41, 5.74) is -0.449. The van der Waals surface area contributed by atoms with Crippen LogP contribution >= 0.6 is 11.6 Å². The Morgan fingerprint density at radius 3 is 2.39 bits per heavy atom. The van der Waals surface area contributed by atoms with Crippen LogP contribution in [0.25, 0.3) is 11.3 Å². The van der Waals surface area contributed by atoms with Gasteiger partial charge in [-0.15, -0.1) is 0 Å². The molecule has 0 saturated heterocycles. The molecule has 1 aromatic heterocycles. The lowest BCUT2D eigenvalue weighted by Crippen LogP contribution is -2.38. The SMILES string of the molecule is CNC(Cc1cc(-c2ccc(C(F)(F)F)cc2)no1)c1ccc(OC(C)(C)C(=O)O)c(Cl)c1. The molecule has 2 aromatic carbocycles. The van der Waals surface area contributed by atoms with E-state index in [0.717, 1.165) is 17.7 Å². The van der Waals surface area contributed by atoms with Gasteiger partial charge in [0.15, 0.2) is 5.60 Å². The number of aliphatic carboxylic acids is 1. The van der Waals surface area contributed by atoms with Gasteiger partial charge < -0.3 is 19.7 Å². The number of rotatable bonds is 8. The molecule has 0 aliphatic heterocycles. The molecule has 0 spiro atoms. The zero-order valence-corrected chi connectivity index (χ0v) is 18.8. The Labute approximate surface area is 193 Å². The van der Waals surface area contributed by atoms with E-state index in [4.69, 9.17) is 20.9 Å². The highest BCUT2D eigenvalue weighted by Gasteiger charge is 2.31. The summed E-state index contributed by atoms with van der Waals surface area (Å²) in [4.78, 5) is 11.3. The van der Waals surface area contributed by atoms with Crippen LogP contribution in [0.1, 0.15) is 36.8 Å². The molecule has 6 nitrogen and oxygen atoms in total. The van der Waals surface area contributed by atoms with Crippen LogP contribution in [0, 0.1) is 0 Å². The quantitative estimate of drug-likeness (QED) is 0.424. The zero-order valence-electron chi connectivity index (χ0n) is 18.0. The number of benzene rings is 2. The first-order valence-corrected chi connectivity index (χ1v) is 10.3. The molecule has 0 bridgehead atoms. The predicted octanol–water partition coefficient (Wildman–Crippen LogP) is 5.76. The first-order valence-electron chi connectivity index (χ1n) is 9.93. The molecule has 1 heterocycles. The molecular weight excluding hydrogens is 461 g/mol. The van der Waals surface area contributed by atoms with Crippen LogP contribution < -0.4 is 10.1 Å². The average Bonchev–Trinajstić information content (AvgIpc) is 3.21. The Bertz CT molecular complexity index is 1130. The summed E-state index contributed by atoms with van der Waals surface area (Å²) in [6, 6.07) is 11.2. The van der Waals surface area contributed by atoms with Crippen molar-refractivity contribution in [2.75, 3.05) is 7.05 Å². The maximum Gasteiger partial charge on any atom is 0.416 e. The van der Waals surface area contributed by atoms with Gasteiger partial charge in [-0.3, -0.25) is 0 Å². The fourth-order valence-corrected chi connectivity index (χ4v) is 3.33. The summed E-state index contributed by atoms with van der Waals surface area (Å²) in [5, 5.41) is 16.6. The van der Waals surface area contributed by atoms with E-state index in [0.29, 0.717) is 23.4 Å². The Hall–Kier alpha value is -3.04. The standard InChI is InChI=1S/C23H22ClF3N2O4/c1-22(2,21(30)31)32-20-9-6-14(10-17(20)24)18(28-3)11-16-12-19(29-33-16)13-4-7-15(8-5-13)23(25,26)27/h4-10,12,18,28H,11H2,1-3H3,(H,30,31). The normalized spacial score (nSPS) is 13.1. The van der Waals surface area contributed by atoms with Gasteiger partial charge in [0.05, 0.1) is 10.6 Å². The number of carboxylic acids is 1. The topological polar surface area (TPSA) is 84.6 Å². The van der Waals surface area contributed by atoms with Crippen molar-refractivity contribution in [2.24, 2.45) is 0 Å². The molecule has 2 N–H and O–H groups in total. The average molecular weight is 483 g/mol. The highest BCUT2D eigenvalue weighted by Crippen LogP contribution is 2.33. The van der Waals surface area contributed by atoms with Gasteiger partial charge in [-0.1, -0.05) is 35.0 Å². The van der Waals surface area contributed by atoms with E-state index in [2.05, 4.69) is 10.5 Å². The zero-order chi connectivity index (χ0) is 24.4. The van der Waals surface area contributed by atoms with Crippen LogP contribution in [-0.4, -0.2) is 28.9 Å². The Balaban J connectivity index is 1.75. The van der Waals surface area contributed by atoms with E-state index in [1.54, 1.807) is 31.3 Å². The lowest BCUT2D eigenvalue weighted by Gasteiger charge is -2.23. The van der Waals surface area contributed by atoms with Crippen LogP contribution in [0.5, 0.6) is 5.75 Å². The van der Waals surface area contributed by atoms with Gasteiger partial charge in [0, 0.05) is 24.1 Å². The molecule has 10 heteroatoms. The number of aromatic nitrogens is 1. The van der Waals surface area contributed by atoms with E-state index in [1.807, 2.05) is 0 Å². The smallest absolute Gasteiger partial charge is 0.416 e. The second-order valence-corrected chi connectivity index (χ2v) is 8.31. The molecular formula is C23H22ClF3N2O4. The van der Waals surface area contributed by atoms with Crippen LogP contribution in [-0.2, 0) is 17.4 Å². The van der Waals surface area contributed by atoms with Crippen molar-refractivity contribution in [1.82, 2.24) is 10.5 Å². The number of likely N-dealkylation sites (N-methyl/N-ethyl adjacent to an activating group) is 1. The summed E-state index contributed by atoms with van der Waals surface area (Å²) in [6.07, 6.45) is -4.01. The number of hydrogen-bond donors (Lipinski definition) is 2. The third-order valence-electron chi connectivity index (χ3n) is 5.06. The fraction of sp³-hybridized carbons (Fsp3) is 0.304. The highest BCUT2D eigenvalue weighted by atomic mass is 35.5. The second-order valence-electron chi connectivity index (χ2n) is 7.91. The molecule has 3 rings (SSSR count). The van der Waals surface area contributed by atoms with Crippen LogP contribution in [0.2, 0.25) is 5.02 Å². The molecule has 0 amide bonds. The number of ether oxygens (including phenoxy) is 1. The minimum Gasteiger partial charge on any atom is -0.478 e. The van der Waals surface area contributed by atoms with E-state index >= 15 is 0 Å². The van der Waals surface area contributed by atoms with Gasteiger partial charge in [-0.2, -0.15) is 13.2 Å². The fourth-order valence-electron chi connectivity index (χ4n) is 3.10. The van der Waals surface area contributed by atoms with Crippen molar-refractivity contribution in [3.63, 3.8) is 0 Å². The van der Waals surface area contributed by atoms with Crippen LogP contribution in [0.3, 0.4) is 0 Å². The first kappa shape index (κ1) is 24.6. The van der Waals surface area contributed by atoms with Crippen molar-refractivity contribution < 1.29 is 32.3 Å². The largest absolute Gasteiger partial charge is 0.478 e. The summed E-state index contributed by atoms with van der Waals surface area (Å²) in [6.45, 7) is 2.85. The summed E-state index contributed by atoms with van der Waals surface area (Å²) < 4.78 is 49.2. The molecule has 0 fully saturated rings. The maximum absolute atomic E-state index is 12.8. The van der Waals surface area contributed by atoms with Gasteiger partial charge in [-0.05, 0) is 50.7 Å². The number of halogens is 4. The molecule has 0 saturated carbocycles. The molecule has 176 valence electrons. The number of alkyl halides is 3. The van der Waals surface area contributed by atoms with Gasteiger partial charge in [0.25, 0.3) is 0 Å². The predicted molar refractivity (Wildman–Crippen MR) is 116 cm³/mol. The van der Waals surface area contributed by atoms with Gasteiger partial charge in [0.2, 0.25) is 0 Å². The monoisotopic (exact) mass is 482 g/mol. The Morgan fingerprint density at radius 1 is 1.18 bits per heavy atom. The summed E-state index contributed by atoms with van der Waals surface area (Å²) in [5.74, 6) is -0.357. The Morgan fingerprint density at radius 2 is 1.85 bits per heavy atom. The number of hydrogen-bond acceptors (Lipinski definition) is 5. The molecule has 3 aromatic rings. The number of carbonyl (C=O) groups is 1. The molecule has 0 radical (unpaired) electrons. The molecule has 0 aliphatic rings. The van der Waals surface area contributed by atoms with Crippen molar-refractivity contribution in [3.05, 3.63) is 70.4 Å². The molecule has 1 atom stereocenters. The van der Waals surface area contributed by atoms with E-state index in [-0.39, 0.29) is 16.8 Å². The lowest BCUT2D eigenvalue weighted by atomic mass is 10.0. The Kier molecular flexibility index (Phi) is 7.04. The van der Waals surface area contributed by atoms with Crippen molar-refractivity contribution in [3.8, 4) is 17.0 Å². The number of carboxylic acid groups (broad SMARTS) is 1. The minimum absolute atomic E-state index is 0.225. The summed E-state index contributed by atoms with van der Waals surface area (Å²) in [7, 11) is 1.75. The third-order valence-corrected chi connectivity index (χ3v) is 5.35. The molecule has 33 heavy (non-hydrogen) atoms. The van der Waals surface area contributed by atoms with Crippen molar-refractivity contribution in [2.45, 2.75) is 38.1 Å². The van der Waals surface area contributed by atoms with Crippen LogP contribution in [0.4, 0.5) is 13.2 Å². The van der Waals surface area contributed by atoms with E-state index in [9.17, 15) is 23.1 Å².